The van der Waals surface area contributed by atoms with E-state index in [1.807, 2.05) is 0 Å². The average Bonchev–Trinajstić information content (AvgIpc) is 2.64. The van der Waals surface area contributed by atoms with Gasteiger partial charge < -0.3 is 4.74 Å². The molecule has 0 spiro atoms. The molecule has 2 aliphatic heterocycles. The van der Waals surface area contributed by atoms with Gasteiger partial charge in [-0.2, -0.15) is 0 Å². The van der Waals surface area contributed by atoms with Gasteiger partial charge in [0.2, 0.25) is 0 Å². The fraction of sp³-hybridized carbons (Fsp3) is 1.00. The number of likely N-dealkylation sites (tertiary alicyclic amines) is 1. The number of nitrogens with zero attached hydrogens (tertiary/aromatic N) is 1. The van der Waals surface area contributed by atoms with Crippen molar-refractivity contribution in [2.45, 2.75) is 25.5 Å². The molecule has 0 amide bonds. The predicted octanol–water partition coefficient (Wildman–Crippen LogP) is 1.49. The Bertz CT molecular complexity index is 165. The second kappa shape index (κ2) is 3.64. The van der Waals surface area contributed by atoms with Crippen LogP contribution in [0.5, 0.6) is 0 Å². The third-order valence-electron chi connectivity index (χ3n) is 2.82. The SMILES string of the molecule is CC(CBr)CN1CC2CC1CO2. The summed E-state index contributed by atoms with van der Waals surface area (Å²) in [6, 6.07) is 0.733. The van der Waals surface area contributed by atoms with Crippen molar-refractivity contribution < 1.29 is 4.74 Å². The highest BCUT2D eigenvalue weighted by atomic mass is 79.9. The molecule has 2 saturated heterocycles. The molecule has 2 fully saturated rings. The van der Waals surface area contributed by atoms with Crippen LogP contribution in [0.2, 0.25) is 0 Å². The van der Waals surface area contributed by atoms with Crippen LogP contribution in [0, 0.1) is 5.92 Å². The quantitative estimate of drug-likeness (QED) is 0.686. The van der Waals surface area contributed by atoms with E-state index >= 15 is 0 Å². The van der Waals surface area contributed by atoms with Crippen LogP contribution in [0.4, 0.5) is 0 Å². The largest absolute Gasteiger partial charge is 0.375 e. The minimum Gasteiger partial charge on any atom is -0.375 e. The lowest BCUT2D eigenvalue weighted by Crippen LogP contribution is -2.39. The maximum absolute atomic E-state index is 5.54. The number of halogens is 1. The van der Waals surface area contributed by atoms with Crippen LogP contribution < -0.4 is 0 Å². The molecule has 3 unspecified atom stereocenters. The molecular weight excluding hydrogens is 218 g/mol. The molecule has 0 aromatic rings. The predicted molar refractivity (Wildman–Crippen MR) is 52.7 cm³/mol. The number of hydrogen-bond donors (Lipinski definition) is 0. The standard InChI is InChI=1S/C9H16BrNO/c1-7(3-10)4-11-5-9-2-8(11)6-12-9/h7-9H,2-6H2,1H3. The fourth-order valence-electron chi connectivity index (χ4n) is 2.15. The van der Waals surface area contributed by atoms with Crippen LogP contribution >= 0.6 is 15.9 Å². The maximum atomic E-state index is 5.54. The van der Waals surface area contributed by atoms with Crippen molar-refractivity contribution in [2.75, 3.05) is 25.0 Å². The third kappa shape index (κ3) is 1.68. The molecule has 0 aliphatic carbocycles. The zero-order valence-corrected chi connectivity index (χ0v) is 9.09. The smallest absolute Gasteiger partial charge is 0.0718 e. The zero-order chi connectivity index (χ0) is 8.55. The van der Waals surface area contributed by atoms with Crippen LogP contribution in [-0.4, -0.2) is 42.1 Å². The Hall–Kier alpha value is 0.400. The minimum atomic E-state index is 0.553. The van der Waals surface area contributed by atoms with Gasteiger partial charge in [-0.05, 0) is 12.3 Å². The van der Waals surface area contributed by atoms with Crippen molar-refractivity contribution in [3.63, 3.8) is 0 Å². The molecule has 2 heterocycles. The summed E-state index contributed by atoms with van der Waals surface area (Å²) in [7, 11) is 0. The van der Waals surface area contributed by atoms with E-state index in [2.05, 4.69) is 27.8 Å². The summed E-state index contributed by atoms with van der Waals surface area (Å²) in [4.78, 5) is 2.58. The van der Waals surface area contributed by atoms with E-state index in [1.165, 1.54) is 19.5 Å². The van der Waals surface area contributed by atoms with Crippen molar-refractivity contribution in [1.82, 2.24) is 4.90 Å². The van der Waals surface area contributed by atoms with Gasteiger partial charge in [0.25, 0.3) is 0 Å². The number of rotatable bonds is 3. The Morgan fingerprint density at radius 3 is 3.00 bits per heavy atom. The molecule has 3 heteroatoms. The Morgan fingerprint density at radius 2 is 2.50 bits per heavy atom. The molecular formula is C9H16BrNO. The van der Waals surface area contributed by atoms with Crippen LogP contribution in [-0.2, 0) is 4.74 Å². The Balaban J connectivity index is 1.82. The third-order valence-corrected chi connectivity index (χ3v) is 3.93. The summed E-state index contributed by atoms with van der Waals surface area (Å²) in [6.45, 7) is 5.67. The van der Waals surface area contributed by atoms with Gasteiger partial charge in [-0.3, -0.25) is 4.90 Å². The molecule has 3 atom stereocenters. The highest BCUT2D eigenvalue weighted by Gasteiger charge is 2.38. The molecule has 2 bridgehead atoms. The van der Waals surface area contributed by atoms with Crippen molar-refractivity contribution >= 4 is 15.9 Å². The molecule has 0 radical (unpaired) electrons. The first kappa shape index (κ1) is 8.97. The monoisotopic (exact) mass is 233 g/mol. The molecule has 0 N–H and O–H groups in total. The number of ether oxygens (including phenoxy) is 1. The van der Waals surface area contributed by atoms with Gasteiger partial charge >= 0.3 is 0 Å². The Labute approximate surface area is 82.4 Å². The van der Waals surface area contributed by atoms with Crippen molar-refractivity contribution in [2.24, 2.45) is 5.92 Å². The first-order valence-electron chi connectivity index (χ1n) is 4.71. The van der Waals surface area contributed by atoms with E-state index in [4.69, 9.17) is 4.74 Å². The van der Waals surface area contributed by atoms with Crippen LogP contribution in [0.1, 0.15) is 13.3 Å². The van der Waals surface area contributed by atoms with E-state index < -0.39 is 0 Å². The fourth-order valence-corrected chi connectivity index (χ4v) is 2.36. The number of fused-ring (bicyclic) bond motifs is 2. The van der Waals surface area contributed by atoms with E-state index in [-0.39, 0.29) is 0 Å². The van der Waals surface area contributed by atoms with Crippen molar-refractivity contribution in [3.05, 3.63) is 0 Å². The summed E-state index contributed by atoms with van der Waals surface area (Å²) in [5.41, 5.74) is 0. The maximum Gasteiger partial charge on any atom is 0.0718 e. The zero-order valence-electron chi connectivity index (χ0n) is 7.50. The number of alkyl halides is 1. The summed E-state index contributed by atoms with van der Waals surface area (Å²) in [5.74, 6) is 0.768. The second-order valence-corrected chi connectivity index (χ2v) is 4.71. The van der Waals surface area contributed by atoms with Crippen LogP contribution in [0.15, 0.2) is 0 Å². The Morgan fingerprint density at radius 1 is 1.67 bits per heavy atom. The minimum absolute atomic E-state index is 0.553. The summed E-state index contributed by atoms with van der Waals surface area (Å²) in [5, 5.41) is 1.11. The lowest BCUT2D eigenvalue weighted by molar-refractivity contribution is 0.0265. The van der Waals surface area contributed by atoms with Crippen molar-refractivity contribution in [3.8, 4) is 0 Å². The first-order chi connectivity index (χ1) is 5.79. The van der Waals surface area contributed by atoms with Gasteiger partial charge in [0.15, 0.2) is 0 Å². The van der Waals surface area contributed by atoms with Gasteiger partial charge in [-0.1, -0.05) is 22.9 Å². The van der Waals surface area contributed by atoms with E-state index in [1.54, 1.807) is 0 Å². The van der Waals surface area contributed by atoms with E-state index in [0.29, 0.717) is 6.10 Å². The molecule has 12 heavy (non-hydrogen) atoms. The topological polar surface area (TPSA) is 12.5 Å². The van der Waals surface area contributed by atoms with Gasteiger partial charge in [-0.15, -0.1) is 0 Å². The Kier molecular flexibility index (Phi) is 2.72. The highest BCUT2D eigenvalue weighted by molar-refractivity contribution is 9.09. The van der Waals surface area contributed by atoms with Gasteiger partial charge in [-0.25, -0.2) is 0 Å². The van der Waals surface area contributed by atoms with Crippen LogP contribution in [0.3, 0.4) is 0 Å². The van der Waals surface area contributed by atoms with Crippen LogP contribution in [0.25, 0.3) is 0 Å². The number of hydrogen-bond acceptors (Lipinski definition) is 2. The molecule has 2 aliphatic rings. The van der Waals surface area contributed by atoms with Gasteiger partial charge in [0.1, 0.15) is 0 Å². The average molecular weight is 234 g/mol. The van der Waals surface area contributed by atoms with Gasteiger partial charge in [0, 0.05) is 24.5 Å². The van der Waals surface area contributed by atoms with E-state index in [0.717, 1.165) is 23.9 Å². The molecule has 2 nitrogen and oxygen atoms in total. The highest BCUT2D eigenvalue weighted by Crippen LogP contribution is 2.28. The molecule has 0 aromatic carbocycles. The molecule has 0 aromatic heterocycles. The summed E-state index contributed by atoms with van der Waals surface area (Å²) >= 11 is 3.52. The normalized spacial score (nSPS) is 37.5. The van der Waals surface area contributed by atoms with Crippen molar-refractivity contribution in [1.29, 1.82) is 0 Å². The van der Waals surface area contributed by atoms with E-state index in [9.17, 15) is 0 Å². The first-order valence-corrected chi connectivity index (χ1v) is 5.83. The lowest BCUT2D eigenvalue weighted by atomic mass is 10.2. The molecule has 0 saturated carbocycles. The number of morpholine rings is 1. The lowest BCUT2D eigenvalue weighted by Gasteiger charge is -2.28. The van der Waals surface area contributed by atoms with Gasteiger partial charge in [0.05, 0.1) is 12.7 Å². The molecule has 2 rings (SSSR count). The second-order valence-electron chi connectivity index (χ2n) is 4.06. The summed E-state index contributed by atoms with van der Waals surface area (Å²) < 4.78 is 5.54. The summed E-state index contributed by atoms with van der Waals surface area (Å²) in [6.07, 6.45) is 1.83. The molecule has 70 valence electrons.